The van der Waals surface area contributed by atoms with E-state index in [4.69, 9.17) is 0 Å². The van der Waals surface area contributed by atoms with Crippen LogP contribution in [0.1, 0.15) is 18.1 Å². The third kappa shape index (κ3) is 3.44. The van der Waals surface area contributed by atoms with E-state index < -0.39 is 15.5 Å². The Labute approximate surface area is 119 Å². The first kappa shape index (κ1) is 15.4. The second-order valence-electron chi connectivity index (χ2n) is 4.51. The predicted octanol–water partition coefficient (Wildman–Crippen LogP) is 3.18. The van der Waals surface area contributed by atoms with Crippen LogP contribution in [0, 0.1) is 24.0 Å². The normalized spacial score (nSPS) is 13.7. The van der Waals surface area contributed by atoms with Gasteiger partial charge in [0.1, 0.15) is 6.54 Å². The number of halogens is 1. The Morgan fingerprint density at radius 1 is 1.47 bits per heavy atom. The average molecular weight is 331 g/mol. The molecule has 0 radical (unpaired) electrons. The average Bonchev–Trinajstić information content (AvgIpc) is 2.26. The Hall–Kier alpha value is -1.63. The molecule has 1 rings (SSSR count). The molecule has 1 unspecified atom stereocenters. The van der Waals surface area contributed by atoms with Crippen molar-refractivity contribution in [2.45, 2.75) is 25.2 Å². The van der Waals surface area contributed by atoms with Gasteiger partial charge in [0, 0.05) is 27.8 Å². The second-order valence-corrected chi connectivity index (χ2v) is 6.22. The lowest BCUT2D eigenvalue weighted by Crippen LogP contribution is -2.45. The zero-order valence-corrected chi connectivity index (χ0v) is 12.5. The fourth-order valence-corrected chi connectivity index (χ4v) is 2.07. The van der Waals surface area contributed by atoms with E-state index in [9.17, 15) is 20.0 Å². The molecule has 0 bridgehead atoms. The quantitative estimate of drug-likeness (QED) is 0.397. The molecule has 7 heteroatoms. The lowest BCUT2D eigenvalue weighted by Gasteiger charge is -2.26. The second kappa shape index (κ2) is 5.56. The van der Waals surface area contributed by atoms with Crippen molar-refractivity contribution in [1.29, 1.82) is 0 Å². The molecule has 1 amide bonds. The van der Waals surface area contributed by atoms with Gasteiger partial charge in [0.15, 0.2) is 0 Å². The molecule has 0 saturated carbocycles. The molecule has 6 nitrogen and oxygen atoms in total. The van der Waals surface area contributed by atoms with Crippen molar-refractivity contribution >= 4 is 27.7 Å². The summed E-state index contributed by atoms with van der Waals surface area (Å²) in [6.07, 6.45) is -1.22. The molecule has 0 fully saturated rings. The Kier molecular flexibility index (Phi) is 4.52. The van der Waals surface area contributed by atoms with Crippen LogP contribution in [-0.2, 0) is 0 Å². The zero-order valence-electron chi connectivity index (χ0n) is 10.9. The summed E-state index contributed by atoms with van der Waals surface area (Å²) in [7, 11) is 0. The summed E-state index contributed by atoms with van der Waals surface area (Å²) in [6, 6.07) is 5.36. The fourth-order valence-electron chi connectivity index (χ4n) is 1.82. The van der Waals surface area contributed by atoms with E-state index in [0.29, 0.717) is 5.69 Å². The molecule has 0 aliphatic rings. The highest BCUT2D eigenvalue weighted by molar-refractivity contribution is 9.10. The predicted molar refractivity (Wildman–Crippen MR) is 75.6 cm³/mol. The number of para-hydroxylation sites is 1. The number of carbonyl (C=O) groups is 1. The first-order valence-corrected chi connectivity index (χ1v) is 6.36. The van der Waals surface area contributed by atoms with Gasteiger partial charge < -0.3 is 5.11 Å². The number of nitro groups is 1. The van der Waals surface area contributed by atoms with E-state index in [0.717, 1.165) is 16.0 Å². The first-order chi connectivity index (χ1) is 8.66. The van der Waals surface area contributed by atoms with Gasteiger partial charge in [-0.2, -0.15) is 0 Å². The fraction of sp³-hybridized carbons (Fsp3) is 0.417. The van der Waals surface area contributed by atoms with Gasteiger partial charge in [-0.3, -0.25) is 15.0 Å². The highest BCUT2D eigenvalue weighted by atomic mass is 79.9. The van der Waals surface area contributed by atoms with Crippen LogP contribution in [0.15, 0.2) is 18.2 Å². The minimum absolute atomic E-state index is 0.277. The van der Waals surface area contributed by atoms with Gasteiger partial charge in [-0.15, -0.1) is 0 Å². The number of nitrogens with zero attached hydrogens (tertiary/aromatic N) is 2. The Morgan fingerprint density at radius 3 is 2.32 bits per heavy atom. The molecule has 0 heterocycles. The summed E-state index contributed by atoms with van der Waals surface area (Å²) in [5.41, 5.74) is 2.01. The molecule has 1 aromatic carbocycles. The monoisotopic (exact) mass is 330 g/mol. The number of carboxylic acid groups (broad SMARTS) is 1. The number of aryl methyl sites for hydroxylation is 2. The number of amides is 1. The minimum Gasteiger partial charge on any atom is -0.465 e. The van der Waals surface area contributed by atoms with E-state index >= 15 is 0 Å². The maximum absolute atomic E-state index is 11.4. The number of hydrogen-bond acceptors (Lipinski definition) is 3. The van der Waals surface area contributed by atoms with Crippen molar-refractivity contribution in [2.24, 2.45) is 0 Å². The van der Waals surface area contributed by atoms with Crippen molar-refractivity contribution in [2.75, 3.05) is 11.4 Å². The molecule has 19 heavy (non-hydrogen) atoms. The van der Waals surface area contributed by atoms with E-state index in [2.05, 4.69) is 15.9 Å². The standard InChI is InChI=1S/C12H15BrN2O4/c1-8-5-4-6-9(2)10(8)14(11(16)17)7-12(3,13)15(18)19/h4-6H,7H2,1-3H3,(H,16,17). The molecule has 0 aliphatic carbocycles. The lowest BCUT2D eigenvalue weighted by molar-refractivity contribution is -0.527. The Morgan fingerprint density at radius 2 is 1.95 bits per heavy atom. The van der Waals surface area contributed by atoms with E-state index in [1.165, 1.54) is 6.92 Å². The Bertz CT molecular complexity index is 496. The number of anilines is 1. The number of alkyl halides is 1. The van der Waals surface area contributed by atoms with E-state index in [-0.39, 0.29) is 6.54 Å². The summed E-state index contributed by atoms with van der Waals surface area (Å²) >= 11 is 2.96. The van der Waals surface area contributed by atoms with E-state index in [1.54, 1.807) is 26.0 Å². The van der Waals surface area contributed by atoms with Gasteiger partial charge >= 0.3 is 6.09 Å². The van der Waals surface area contributed by atoms with Gasteiger partial charge in [0.05, 0.1) is 5.69 Å². The van der Waals surface area contributed by atoms with Gasteiger partial charge in [-0.1, -0.05) is 18.2 Å². The highest BCUT2D eigenvalue weighted by Gasteiger charge is 2.38. The maximum atomic E-state index is 11.4. The molecule has 1 atom stereocenters. The molecule has 0 aromatic heterocycles. The Balaban J connectivity index is 3.23. The third-order valence-electron chi connectivity index (χ3n) is 2.77. The molecule has 1 aromatic rings. The number of hydrogen-bond donors (Lipinski definition) is 1. The summed E-state index contributed by atoms with van der Waals surface area (Å²) < 4.78 is -1.53. The highest BCUT2D eigenvalue weighted by Crippen LogP contribution is 2.29. The van der Waals surface area contributed by atoms with Gasteiger partial charge in [-0.25, -0.2) is 4.79 Å². The van der Waals surface area contributed by atoms with Crippen LogP contribution in [0.4, 0.5) is 10.5 Å². The van der Waals surface area contributed by atoms with Crippen LogP contribution in [0.3, 0.4) is 0 Å². The van der Waals surface area contributed by atoms with Crippen LogP contribution in [0.25, 0.3) is 0 Å². The third-order valence-corrected chi connectivity index (χ3v) is 3.31. The van der Waals surface area contributed by atoms with Crippen molar-refractivity contribution in [1.82, 2.24) is 0 Å². The SMILES string of the molecule is Cc1cccc(C)c1N(CC(C)(Br)[N+](=O)[O-])C(=O)O. The number of benzene rings is 1. The largest absolute Gasteiger partial charge is 0.465 e. The number of rotatable bonds is 4. The molecule has 0 saturated heterocycles. The molecule has 104 valence electrons. The van der Waals surface area contributed by atoms with Gasteiger partial charge in [0.2, 0.25) is 0 Å². The molecule has 1 N–H and O–H groups in total. The van der Waals surface area contributed by atoms with Crippen LogP contribution in [0.2, 0.25) is 0 Å². The molecule has 0 aliphatic heterocycles. The van der Waals surface area contributed by atoms with Gasteiger partial charge in [0.25, 0.3) is 4.45 Å². The molecule has 0 spiro atoms. The van der Waals surface area contributed by atoms with Crippen LogP contribution >= 0.6 is 15.9 Å². The van der Waals surface area contributed by atoms with Crippen molar-refractivity contribution in [3.8, 4) is 0 Å². The van der Waals surface area contributed by atoms with Crippen LogP contribution in [-0.4, -0.2) is 27.1 Å². The maximum Gasteiger partial charge on any atom is 0.412 e. The lowest BCUT2D eigenvalue weighted by atomic mass is 10.1. The van der Waals surface area contributed by atoms with Gasteiger partial charge in [-0.05, 0) is 25.0 Å². The summed E-state index contributed by atoms with van der Waals surface area (Å²) in [5.74, 6) is 0. The minimum atomic E-state index is -1.53. The smallest absolute Gasteiger partial charge is 0.412 e. The summed E-state index contributed by atoms with van der Waals surface area (Å²) in [4.78, 5) is 22.8. The van der Waals surface area contributed by atoms with E-state index in [1.807, 2.05) is 6.07 Å². The van der Waals surface area contributed by atoms with Crippen molar-refractivity contribution in [3.05, 3.63) is 39.4 Å². The molecular formula is C12H15BrN2O4. The van der Waals surface area contributed by atoms with Crippen LogP contribution < -0.4 is 4.90 Å². The summed E-state index contributed by atoms with van der Waals surface area (Å²) in [5, 5.41) is 20.2. The summed E-state index contributed by atoms with van der Waals surface area (Å²) in [6.45, 7) is 4.60. The van der Waals surface area contributed by atoms with Crippen molar-refractivity contribution in [3.63, 3.8) is 0 Å². The van der Waals surface area contributed by atoms with Crippen molar-refractivity contribution < 1.29 is 14.8 Å². The topological polar surface area (TPSA) is 83.7 Å². The first-order valence-electron chi connectivity index (χ1n) is 5.57. The van der Waals surface area contributed by atoms with Crippen LogP contribution in [0.5, 0.6) is 0 Å². The zero-order chi connectivity index (χ0) is 14.8. The molecular weight excluding hydrogens is 316 g/mol.